The fourth-order valence-corrected chi connectivity index (χ4v) is 2.34. The third-order valence-electron chi connectivity index (χ3n) is 3.69. The number of hydrogen-bond acceptors (Lipinski definition) is 6. The van der Waals surface area contributed by atoms with E-state index in [1.165, 1.54) is 30.3 Å². The zero-order chi connectivity index (χ0) is 18.0. The number of ketones is 1. The van der Waals surface area contributed by atoms with E-state index in [0.29, 0.717) is 16.9 Å². The summed E-state index contributed by atoms with van der Waals surface area (Å²) in [6.45, 7) is 1.31. The predicted octanol–water partition coefficient (Wildman–Crippen LogP) is 3.27. The van der Waals surface area contributed by atoms with Crippen LogP contribution in [0.15, 0.2) is 57.7 Å². The van der Waals surface area contributed by atoms with E-state index in [0.717, 1.165) is 5.39 Å². The maximum Gasteiger partial charge on any atom is 0.336 e. The summed E-state index contributed by atoms with van der Waals surface area (Å²) < 4.78 is 10.5. The number of aryl methyl sites for hydroxylation is 1. The first-order valence-corrected chi connectivity index (χ1v) is 7.39. The third kappa shape index (κ3) is 3.55. The molecule has 0 atom stereocenters. The standard InChI is InChI=1S/C18H13NO6/c1-11-2-3-13(8-15(11)19(22)23)16(20)10-24-14-6-4-12-5-7-18(21)25-17(12)9-14/h2-9H,10H2,1H3. The van der Waals surface area contributed by atoms with Crippen LogP contribution in [0.2, 0.25) is 0 Å². The molecule has 0 radical (unpaired) electrons. The first-order valence-electron chi connectivity index (χ1n) is 7.39. The van der Waals surface area contributed by atoms with Crippen molar-refractivity contribution in [2.45, 2.75) is 6.92 Å². The number of fused-ring (bicyclic) bond motifs is 1. The van der Waals surface area contributed by atoms with Gasteiger partial charge in [-0.3, -0.25) is 14.9 Å². The minimum absolute atomic E-state index is 0.113. The van der Waals surface area contributed by atoms with Crippen molar-refractivity contribution >= 4 is 22.4 Å². The summed E-state index contributed by atoms with van der Waals surface area (Å²) in [6, 6.07) is 12.1. The Kier molecular flexibility index (Phi) is 4.30. The number of nitro benzene ring substituents is 1. The Morgan fingerprint density at radius 1 is 1.16 bits per heavy atom. The van der Waals surface area contributed by atoms with Crippen LogP contribution in [0, 0.1) is 17.0 Å². The molecule has 1 heterocycles. The fourth-order valence-electron chi connectivity index (χ4n) is 2.34. The second-order valence-corrected chi connectivity index (χ2v) is 5.42. The molecule has 0 bridgehead atoms. The molecular formula is C18H13NO6. The van der Waals surface area contributed by atoms with Crippen LogP contribution >= 0.6 is 0 Å². The summed E-state index contributed by atoms with van der Waals surface area (Å²) in [4.78, 5) is 33.9. The maximum absolute atomic E-state index is 12.2. The van der Waals surface area contributed by atoms with Gasteiger partial charge >= 0.3 is 5.63 Å². The van der Waals surface area contributed by atoms with E-state index in [9.17, 15) is 19.7 Å². The molecule has 0 aliphatic rings. The quantitative estimate of drug-likeness (QED) is 0.306. The number of nitro groups is 1. The lowest BCUT2D eigenvalue weighted by Crippen LogP contribution is -2.12. The number of ether oxygens (including phenoxy) is 1. The number of hydrogen-bond donors (Lipinski definition) is 0. The molecule has 0 spiro atoms. The van der Waals surface area contributed by atoms with Gasteiger partial charge in [-0.2, -0.15) is 0 Å². The van der Waals surface area contributed by atoms with E-state index < -0.39 is 16.3 Å². The summed E-state index contributed by atoms with van der Waals surface area (Å²) in [5, 5.41) is 11.7. The predicted molar refractivity (Wildman–Crippen MR) is 90.1 cm³/mol. The van der Waals surface area contributed by atoms with E-state index in [2.05, 4.69) is 0 Å². The van der Waals surface area contributed by atoms with Gasteiger partial charge in [0.05, 0.1) is 4.92 Å². The van der Waals surface area contributed by atoms with Gasteiger partial charge in [0.25, 0.3) is 5.69 Å². The number of Topliss-reactive ketones (excluding diaryl/α,β-unsaturated/α-hetero) is 1. The molecule has 0 N–H and O–H groups in total. The Bertz CT molecular complexity index is 1040. The van der Waals surface area contributed by atoms with E-state index in [-0.39, 0.29) is 17.9 Å². The zero-order valence-electron chi connectivity index (χ0n) is 13.2. The molecular weight excluding hydrogens is 326 g/mol. The van der Waals surface area contributed by atoms with Crippen LogP contribution in [0.25, 0.3) is 11.0 Å². The fraction of sp³-hybridized carbons (Fsp3) is 0.111. The second-order valence-electron chi connectivity index (χ2n) is 5.42. The smallest absolute Gasteiger partial charge is 0.336 e. The molecule has 0 saturated carbocycles. The second kappa shape index (κ2) is 6.56. The molecule has 0 unspecified atom stereocenters. The molecule has 0 aliphatic heterocycles. The van der Waals surface area contributed by atoms with Gasteiger partial charge in [0.2, 0.25) is 0 Å². The molecule has 3 aromatic rings. The van der Waals surface area contributed by atoms with Crippen LogP contribution in [0.4, 0.5) is 5.69 Å². The first-order chi connectivity index (χ1) is 11.9. The highest BCUT2D eigenvalue weighted by atomic mass is 16.6. The van der Waals surface area contributed by atoms with Gasteiger partial charge in [0.15, 0.2) is 12.4 Å². The van der Waals surface area contributed by atoms with Crippen molar-refractivity contribution in [3.8, 4) is 5.75 Å². The third-order valence-corrected chi connectivity index (χ3v) is 3.69. The van der Waals surface area contributed by atoms with Crippen LogP contribution in [0.3, 0.4) is 0 Å². The SMILES string of the molecule is Cc1ccc(C(=O)COc2ccc3ccc(=O)oc3c2)cc1[N+](=O)[O-]. The Labute approximate surface area is 141 Å². The highest BCUT2D eigenvalue weighted by Crippen LogP contribution is 2.21. The van der Waals surface area contributed by atoms with Crippen molar-refractivity contribution in [2.75, 3.05) is 6.61 Å². The van der Waals surface area contributed by atoms with Crippen molar-refractivity contribution in [2.24, 2.45) is 0 Å². The number of carbonyl (C=O) groups excluding carboxylic acids is 1. The number of rotatable bonds is 5. The van der Waals surface area contributed by atoms with Gasteiger partial charge in [0.1, 0.15) is 11.3 Å². The van der Waals surface area contributed by atoms with Crippen LogP contribution in [0.1, 0.15) is 15.9 Å². The summed E-state index contributed by atoms with van der Waals surface area (Å²) >= 11 is 0. The zero-order valence-corrected chi connectivity index (χ0v) is 13.2. The monoisotopic (exact) mass is 339 g/mol. The molecule has 0 fully saturated rings. The van der Waals surface area contributed by atoms with Crippen molar-refractivity contribution in [1.82, 2.24) is 0 Å². The molecule has 0 aliphatic carbocycles. The summed E-state index contributed by atoms with van der Waals surface area (Å²) in [5.74, 6) is -0.0328. The van der Waals surface area contributed by atoms with Gasteiger partial charge < -0.3 is 9.15 Å². The van der Waals surface area contributed by atoms with Crippen LogP contribution in [0.5, 0.6) is 5.75 Å². The average Bonchev–Trinajstić information content (AvgIpc) is 2.59. The lowest BCUT2D eigenvalue weighted by molar-refractivity contribution is -0.385. The maximum atomic E-state index is 12.2. The normalized spacial score (nSPS) is 10.6. The van der Waals surface area contributed by atoms with Gasteiger partial charge in [-0.25, -0.2) is 4.79 Å². The highest BCUT2D eigenvalue weighted by molar-refractivity contribution is 5.98. The number of benzene rings is 2. The average molecular weight is 339 g/mol. The minimum atomic E-state index is -0.529. The number of nitrogens with zero attached hydrogens (tertiary/aromatic N) is 1. The van der Waals surface area contributed by atoms with Crippen molar-refractivity contribution < 1.29 is 18.9 Å². The molecule has 126 valence electrons. The molecule has 1 aromatic heterocycles. The number of carbonyl (C=O) groups is 1. The van der Waals surface area contributed by atoms with E-state index in [1.807, 2.05) is 0 Å². The molecule has 0 amide bonds. The topological polar surface area (TPSA) is 99.7 Å². The first kappa shape index (κ1) is 16.4. The van der Waals surface area contributed by atoms with Gasteiger partial charge in [0, 0.05) is 34.7 Å². The Balaban J connectivity index is 1.77. The molecule has 7 heteroatoms. The lowest BCUT2D eigenvalue weighted by Gasteiger charge is -2.07. The van der Waals surface area contributed by atoms with Crippen molar-refractivity contribution in [3.63, 3.8) is 0 Å². The van der Waals surface area contributed by atoms with Gasteiger partial charge in [-0.15, -0.1) is 0 Å². The van der Waals surface area contributed by atoms with Gasteiger partial charge in [-0.05, 0) is 25.1 Å². The largest absolute Gasteiger partial charge is 0.485 e. The van der Waals surface area contributed by atoms with E-state index in [4.69, 9.17) is 9.15 Å². The molecule has 0 saturated heterocycles. The minimum Gasteiger partial charge on any atom is -0.485 e. The molecule has 3 rings (SSSR count). The molecule has 2 aromatic carbocycles. The van der Waals surface area contributed by atoms with Crippen LogP contribution in [-0.2, 0) is 0 Å². The highest BCUT2D eigenvalue weighted by Gasteiger charge is 2.15. The Morgan fingerprint density at radius 3 is 2.68 bits per heavy atom. The van der Waals surface area contributed by atoms with Crippen LogP contribution < -0.4 is 10.4 Å². The summed E-state index contributed by atoms with van der Waals surface area (Å²) in [7, 11) is 0. The molecule has 7 nitrogen and oxygen atoms in total. The lowest BCUT2D eigenvalue weighted by atomic mass is 10.1. The summed E-state index contributed by atoms with van der Waals surface area (Å²) in [5.41, 5.74) is 0.436. The summed E-state index contributed by atoms with van der Waals surface area (Å²) in [6.07, 6.45) is 0. The molecule has 25 heavy (non-hydrogen) atoms. The van der Waals surface area contributed by atoms with Crippen molar-refractivity contribution in [3.05, 3.63) is 80.2 Å². The van der Waals surface area contributed by atoms with E-state index in [1.54, 1.807) is 25.1 Å². The van der Waals surface area contributed by atoms with Crippen LogP contribution in [-0.4, -0.2) is 17.3 Å². The van der Waals surface area contributed by atoms with Crippen molar-refractivity contribution in [1.29, 1.82) is 0 Å². The van der Waals surface area contributed by atoms with E-state index >= 15 is 0 Å². The Morgan fingerprint density at radius 2 is 1.92 bits per heavy atom. The van der Waals surface area contributed by atoms with Gasteiger partial charge in [-0.1, -0.05) is 12.1 Å². The Hall–Kier alpha value is -3.48.